The number of benzene rings is 1. The highest BCUT2D eigenvalue weighted by Gasteiger charge is 2.39. The minimum atomic E-state index is -0.620. The lowest BCUT2D eigenvalue weighted by Crippen LogP contribution is -2.52. The van der Waals surface area contributed by atoms with Crippen LogP contribution in [-0.2, 0) is 29.2 Å². The number of hydrogen-bond donors (Lipinski definition) is 1. The van der Waals surface area contributed by atoms with Crippen LogP contribution in [0, 0.1) is 11.8 Å². The Hall–Kier alpha value is -3.96. The molecule has 8 nitrogen and oxygen atoms in total. The van der Waals surface area contributed by atoms with Gasteiger partial charge in [-0.3, -0.25) is 24.6 Å². The van der Waals surface area contributed by atoms with Crippen molar-refractivity contribution in [3.63, 3.8) is 0 Å². The monoisotopic (exact) mass is 495 g/mol. The summed E-state index contributed by atoms with van der Waals surface area (Å²) in [5.74, 6) is 5.27. The molecule has 5 heterocycles. The molecule has 188 valence electrons. The van der Waals surface area contributed by atoms with Crippen molar-refractivity contribution >= 4 is 28.8 Å². The third-order valence-corrected chi connectivity index (χ3v) is 7.66. The van der Waals surface area contributed by atoms with Crippen molar-refractivity contribution in [3.05, 3.63) is 53.2 Å². The van der Waals surface area contributed by atoms with Crippen LogP contribution in [0.3, 0.4) is 0 Å². The summed E-state index contributed by atoms with van der Waals surface area (Å²) in [5, 5.41) is 3.51. The predicted octanol–water partition coefficient (Wildman–Crippen LogP) is 3.08. The Morgan fingerprint density at radius 2 is 1.95 bits per heavy atom. The molecule has 3 aromatic rings. The molecule has 2 aromatic heterocycles. The quantitative estimate of drug-likeness (QED) is 0.434. The van der Waals surface area contributed by atoms with Crippen molar-refractivity contribution in [2.24, 2.45) is 0 Å². The minimum Gasteiger partial charge on any atom is -0.322 e. The van der Waals surface area contributed by atoms with E-state index in [-0.39, 0.29) is 18.2 Å². The summed E-state index contributed by atoms with van der Waals surface area (Å²) in [6.07, 6.45) is 5.12. The van der Waals surface area contributed by atoms with Crippen LogP contribution < -0.4 is 5.32 Å². The molecule has 1 aromatic carbocycles. The summed E-state index contributed by atoms with van der Waals surface area (Å²) in [6, 6.07) is 9.49. The molecular formula is C29H29N5O3. The highest BCUT2D eigenvalue weighted by molar-refractivity contribution is 6.05. The molecule has 3 amide bonds. The van der Waals surface area contributed by atoms with E-state index >= 15 is 0 Å². The number of rotatable bonds is 5. The smallest absolute Gasteiger partial charge is 0.255 e. The fourth-order valence-corrected chi connectivity index (χ4v) is 5.71. The number of nitrogens with zero attached hydrogens (tertiary/aromatic N) is 4. The molecule has 6 rings (SSSR count). The van der Waals surface area contributed by atoms with Crippen LogP contribution in [0.15, 0.2) is 36.5 Å². The van der Waals surface area contributed by atoms with Gasteiger partial charge in [0.2, 0.25) is 11.8 Å². The lowest BCUT2D eigenvalue weighted by atomic mass is 10.0. The number of fused-ring (bicyclic) bond motifs is 2. The first-order valence-corrected chi connectivity index (χ1v) is 12.9. The van der Waals surface area contributed by atoms with Gasteiger partial charge >= 0.3 is 0 Å². The molecule has 2 saturated heterocycles. The first kappa shape index (κ1) is 23.4. The second kappa shape index (κ2) is 9.49. The summed E-state index contributed by atoms with van der Waals surface area (Å²) in [5.41, 5.74) is 5.44. The summed E-state index contributed by atoms with van der Waals surface area (Å²) < 4.78 is 2.09. The van der Waals surface area contributed by atoms with E-state index in [2.05, 4.69) is 45.0 Å². The van der Waals surface area contributed by atoms with Crippen LogP contribution in [0.25, 0.3) is 22.3 Å². The fraction of sp³-hybridized carbons (Fsp3) is 0.379. The maximum Gasteiger partial charge on any atom is 0.255 e. The lowest BCUT2D eigenvalue weighted by Gasteiger charge is -2.29. The van der Waals surface area contributed by atoms with Crippen molar-refractivity contribution in [3.8, 4) is 23.1 Å². The van der Waals surface area contributed by atoms with Crippen molar-refractivity contribution in [2.75, 3.05) is 13.1 Å². The van der Waals surface area contributed by atoms with Crippen LogP contribution in [0.4, 0.5) is 0 Å². The standard InChI is InChI=1S/C29H29N5O3/c1-2-3-13-33-14-10-22-21(17-32-11-4-5-12-32)16-24(30-27(22)33)19-6-7-23-20(15-19)18-34(29(23)37)25-8-9-26(35)31-28(25)36/h6-7,10,14-16,25H,4-5,8-9,11-13,17-18H2,1H3,(H,31,35,36). The Morgan fingerprint density at radius 3 is 2.73 bits per heavy atom. The number of nitrogens with one attached hydrogen (secondary N) is 1. The zero-order valence-electron chi connectivity index (χ0n) is 20.9. The molecule has 1 unspecified atom stereocenters. The maximum absolute atomic E-state index is 13.1. The van der Waals surface area contributed by atoms with Gasteiger partial charge in [0.25, 0.3) is 5.91 Å². The average Bonchev–Trinajstić information content (AvgIpc) is 3.62. The van der Waals surface area contributed by atoms with Gasteiger partial charge in [0.05, 0.1) is 12.2 Å². The maximum atomic E-state index is 13.1. The van der Waals surface area contributed by atoms with Gasteiger partial charge in [-0.15, -0.1) is 5.92 Å². The first-order valence-electron chi connectivity index (χ1n) is 12.9. The number of pyridine rings is 1. The molecule has 3 aliphatic rings. The average molecular weight is 496 g/mol. The van der Waals surface area contributed by atoms with Gasteiger partial charge in [0.15, 0.2) is 0 Å². The van der Waals surface area contributed by atoms with Crippen LogP contribution in [-0.4, -0.2) is 56.2 Å². The van der Waals surface area contributed by atoms with E-state index in [1.807, 2.05) is 25.1 Å². The Kier molecular flexibility index (Phi) is 6.01. The van der Waals surface area contributed by atoms with Gasteiger partial charge in [-0.05, 0) is 74.7 Å². The van der Waals surface area contributed by atoms with Crippen LogP contribution in [0.1, 0.15) is 54.1 Å². The predicted molar refractivity (Wildman–Crippen MR) is 139 cm³/mol. The second-order valence-electron chi connectivity index (χ2n) is 10.0. The zero-order chi connectivity index (χ0) is 25.5. The van der Waals surface area contributed by atoms with Gasteiger partial charge in [0, 0.05) is 42.2 Å². The molecule has 37 heavy (non-hydrogen) atoms. The number of likely N-dealkylation sites (tertiary alicyclic amines) is 1. The van der Waals surface area contributed by atoms with Crippen molar-refractivity contribution in [2.45, 2.75) is 58.3 Å². The Morgan fingerprint density at radius 1 is 1.11 bits per heavy atom. The Bertz CT molecular complexity index is 1490. The fourth-order valence-electron chi connectivity index (χ4n) is 5.71. The molecule has 0 aliphatic carbocycles. The number of carbonyl (C=O) groups excluding carboxylic acids is 3. The zero-order valence-corrected chi connectivity index (χ0v) is 20.9. The molecule has 0 radical (unpaired) electrons. The third kappa shape index (κ3) is 4.30. The molecule has 8 heteroatoms. The molecule has 3 aliphatic heterocycles. The van der Waals surface area contributed by atoms with Crippen molar-refractivity contribution in [1.29, 1.82) is 0 Å². The second-order valence-corrected chi connectivity index (χ2v) is 10.0. The Balaban J connectivity index is 1.36. The van der Waals surface area contributed by atoms with Crippen molar-refractivity contribution in [1.82, 2.24) is 24.7 Å². The van der Waals surface area contributed by atoms with E-state index < -0.39 is 11.9 Å². The van der Waals surface area contributed by atoms with Crippen LogP contribution in [0.5, 0.6) is 0 Å². The highest BCUT2D eigenvalue weighted by Crippen LogP contribution is 2.33. The third-order valence-electron chi connectivity index (χ3n) is 7.66. The number of amides is 3. The van der Waals surface area contributed by atoms with E-state index in [9.17, 15) is 14.4 Å². The van der Waals surface area contributed by atoms with E-state index in [0.717, 1.165) is 47.5 Å². The summed E-state index contributed by atoms with van der Waals surface area (Å²) >= 11 is 0. The summed E-state index contributed by atoms with van der Waals surface area (Å²) in [6.45, 7) is 5.87. The van der Waals surface area contributed by atoms with Gasteiger partial charge in [-0.1, -0.05) is 12.0 Å². The van der Waals surface area contributed by atoms with Gasteiger partial charge < -0.3 is 9.47 Å². The largest absolute Gasteiger partial charge is 0.322 e. The van der Waals surface area contributed by atoms with Gasteiger partial charge in [-0.2, -0.15) is 0 Å². The number of imide groups is 1. The summed E-state index contributed by atoms with van der Waals surface area (Å²) in [7, 11) is 0. The molecule has 1 N–H and O–H groups in total. The van der Waals surface area contributed by atoms with Crippen molar-refractivity contribution < 1.29 is 14.4 Å². The number of hydrogen-bond acceptors (Lipinski definition) is 5. The van der Waals surface area contributed by atoms with E-state index in [1.165, 1.54) is 18.4 Å². The van der Waals surface area contributed by atoms with Gasteiger partial charge in [0.1, 0.15) is 11.7 Å². The van der Waals surface area contributed by atoms with Crippen LogP contribution in [0.2, 0.25) is 0 Å². The Labute approximate surface area is 215 Å². The summed E-state index contributed by atoms with van der Waals surface area (Å²) in [4.78, 5) is 46.2. The van der Waals surface area contributed by atoms with Gasteiger partial charge in [-0.25, -0.2) is 4.98 Å². The number of aromatic nitrogens is 2. The SMILES string of the molecule is CC#CCn1ccc2c(CN3CCCC3)cc(-c3ccc4c(c3)CN(C3CCC(=O)NC3=O)C4=O)nc21. The minimum absolute atomic E-state index is 0.166. The first-order chi connectivity index (χ1) is 18.0. The molecular weight excluding hydrogens is 466 g/mol. The molecule has 0 saturated carbocycles. The topological polar surface area (TPSA) is 87.5 Å². The normalized spacial score (nSPS) is 19.8. The van der Waals surface area contributed by atoms with E-state index in [0.29, 0.717) is 25.1 Å². The molecule has 0 spiro atoms. The molecule has 0 bridgehead atoms. The van der Waals surface area contributed by atoms with E-state index in [4.69, 9.17) is 4.98 Å². The van der Waals surface area contributed by atoms with Crippen LogP contribution >= 0.6 is 0 Å². The highest BCUT2D eigenvalue weighted by atomic mass is 16.2. The molecule has 1 atom stereocenters. The molecule has 2 fully saturated rings. The van der Waals surface area contributed by atoms with E-state index in [1.54, 1.807) is 4.90 Å². The lowest BCUT2D eigenvalue weighted by molar-refractivity contribution is -0.136. The number of carbonyl (C=O) groups is 3. The number of piperidine rings is 1.